The van der Waals surface area contributed by atoms with Gasteiger partial charge in [0.15, 0.2) is 6.29 Å². The van der Waals surface area contributed by atoms with Crippen LogP contribution in [0.25, 0.3) is 0 Å². The monoisotopic (exact) mass is 367 g/mol. The summed E-state index contributed by atoms with van der Waals surface area (Å²) in [6, 6.07) is 7.79. The van der Waals surface area contributed by atoms with Crippen LogP contribution in [0.3, 0.4) is 0 Å². The van der Waals surface area contributed by atoms with Crippen molar-refractivity contribution in [2.24, 2.45) is 0 Å². The number of hydrogen-bond donors (Lipinski definition) is 1. The molecule has 0 aliphatic rings. The van der Waals surface area contributed by atoms with Crippen LogP contribution in [-0.2, 0) is 14.6 Å². The molecule has 6 nitrogen and oxygen atoms in total. The molecule has 0 bridgehead atoms. The fraction of sp³-hybridized carbons (Fsp3) is 0.250. The molecule has 0 aliphatic carbocycles. The van der Waals surface area contributed by atoms with Crippen LogP contribution < -0.4 is 5.32 Å². The summed E-state index contributed by atoms with van der Waals surface area (Å²) in [6.07, 6.45) is -0.324. The standard InChI is InChI=1S/C16H17NO5S2/c1-16(2,3)22-15(19)17-14-12(9-18)23-10-13(14)24(20,21)11-7-5-4-6-8-11/h4-10H,1-3H3,(H,17,19). The van der Waals surface area contributed by atoms with E-state index in [9.17, 15) is 18.0 Å². The van der Waals surface area contributed by atoms with Crippen molar-refractivity contribution in [3.63, 3.8) is 0 Å². The van der Waals surface area contributed by atoms with Crippen LogP contribution in [0.2, 0.25) is 0 Å². The van der Waals surface area contributed by atoms with Crippen molar-refractivity contribution in [3.8, 4) is 0 Å². The highest BCUT2D eigenvalue weighted by molar-refractivity contribution is 7.91. The van der Waals surface area contributed by atoms with E-state index >= 15 is 0 Å². The molecule has 0 atom stereocenters. The Morgan fingerprint density at radius 1 is 1.21 bits per heavy atom. The lowest BCUT2D eigenvalue weighted by molar-refractivity contribution is 0.0635. The summed E-state index contributed by atoms with van der Waals surface area (Å²) in [7, 11) is -3.87. The Hall–Kier alpha value is -2.19. The maximum Gasteiger partial charge on any atom is 0.412 e. The summed E-state index contributed by atoms with van der Waals surface area (Å²) in [4.78, 5) is 23.2. The average molecular weight is 367 g/mol. The van der Waals surface area contributed by atoms with Crippen LogP contribution in [0.15, 0.2) is 45.5 Å². The van der Waals surface area contributed by atoms with Crippen LogP contribution in [0.5, 0.6) is 0 Å². The molecular weight excluding hydrogens is 350 g/mol. The highest BCUT2D eigenvalue weighted by Gasteiger charge is 2.27. The number of anilines is 1. The second-order valence-electron chi connectivity index (χ2n) is 5.90. The van der Waals surface area contributed by atoms with Gasteiger partial charge >= 0.3 is 6.09 Å². The topological polar surface area (TPSA) is 89.5 Å². The van der Waals surface area contributed by atoms with E-state index in [0.29, 0.717) is 6.29 Å². The molecule has 1 aromatic heterocycles. The molecule has 24 heavy (non-hydrogen) atoms. The van der Waals surface area contributed by atoms with E-state index in [1.54, 1.807) is 39.0 Å². The Morgan fingerprint density at radius 3 is 2.38 bits per heavy atom. The van der Waals surface area contributed by atoms with Crippen LogP contribution in [0, 0.1) is 0 Å². The fourth-order valence-electron chi connectivity index (χ4n) is 1.90. The average Bonchev–Trinajstić information content (AvgIpc) is 2.89. The molecular formula is C16H17NO5S2. The number of thiophene rings is 1. The van der Waals surface area contributed by atoms with Gasteiger partial charge in [0, 0.05) is 5.38 Å². The Labute approximate surface area is 144 Å². The predicted molar refractivity (Wildman–Crippen MR) is 91.5 cm³/mol. The van der Waals surface area contributed by atoms with Gasteiger partial charge in [-0.3, -0.25) is 10.1 Å². The number of benzene rings is 1. The summed E-state index contributed by atoms with van der Waals surface area (Å²) < 4.78 is 30.6. The number of sulfone groups is 1. The van der Waals surface area contributed by atoms with Gasteiger partial charge in [0.2, 0.25) is 9.84 Å². The molecule has 128 valence electrons. The molecule has 0 saturated carbocycles. The van der Waals surface area contributed by atoms with E-state index < -0.39 is 21.5 Å². The Balaban J connectivity index is 2.45. The van der Waals surface area contributed by atoms with E-state index in [0.717, 1.165) is 11.3 Å². The number of hydrogen-bond acceptors (Lipinski definition) is 6. The van der Waals surface area contributed by atoms with E-state index in [1.807, 2.05) is 0 Å². The molecule has 0 fully saturated rings. The second-order valence-corrected chi connectivity index (χ2v) is 8.73. The largest absolute Gasteiger partial charge is 0.444 e. The third kappa shape index (κ3) is 4.01. The van der Waals surface area contributed by atoms with E-state index in [4.69, 9.17) is 4.74 Å². The summed E-state index contributed by atoms with van der Waals surface area (Å²) in [5.41, 5.74) is -0.812. The second kappa shape index (κ2) is 6.74. The van der Waals surface area contributed by atoms with Crippen molar-refractivity contribution in [3.05, 3.63) is 40.6 Å². The Morgan fingerprint density at radius 2 is 1.83 bits per heavy atom. The van der Waals surface area contributed by atoms with E-state index in [1.165, 1.54) is 17.5 Å². The molecule has 2 aromatic rings. The summed E-state index contributed by atoms with van der Waals surface area (Å²) in [5, 5.41) is 3.71. The number of ether oxygens (including phenoxy) is 1. The number of carbonyl (C=O) groups excluding carboxylic acids is 2. The molecule has 1 N–H and O–H groups in total. The first-order valence-electron chi connectivity index (χ1n) is 7.02. The smallest absolute Gasteiger partial charge is 0.412 e. The highest BCUT2D eigenvalue weighted by atomic mass is 32.2. The first-order chi connectivity index (χ1) is 11.1. The van der Waals surface area contributed by atoms with Crippen LogP contribution in [-0.4, -0.2) is 26.4 Å². The summed E-state index contributed by atoms with van der Waals surface area (Å²) >= 11 is 0.940. The van der Waals surface area contributed by atoms with E-state index in [2.05, 4.69) is 5.32 Å². The van der Waals surface area contributed by atoms with Gasteiger partial charge in [-0.25, -0.2) is 13.2 Å². The molecule has 0 aliphatic heterocycles. The van der Waals surface area contributed by atoms with Gasteiger partial charge in [-0.2, -0.15) is 0 Å². The summed E-state index contributed by atoms with van der Waals surface area (Å²) in [6.45, 7) is 5.05. The van der Waals surface area contributed by atoms with Gasteiger partial charge in [0.1, 0.15) is 10.5 Å². The molecule has 1 amide bonds. The quantitative estimate of drug-likeness (QED) is 0.832. The minimum Gasteiger partial charge on any atom is -0.444 e. The highest BCUT2D eigenvalue weighted by Crippen LogP contribution is 2.34. The van der Waals surface area contributed by atoms with Crippen LogP contribution in [0.4, 0.5) is 10.5 Å². The number of aldehydes is 1. The number of rotatable bonds is 4. The van der Waals surface area contributed by atoms with Crippen molar-refractivity contribution >= 4 is 39.2 Å². The van der Waals surface area contributed by atoms with Gasteiger partial charge in [-0.05, 0) is 32.9 Å². The lowest BCUT2D eigenvalue weighted by atomic mass is 10.2. The maximum absolute atomic E-state index is 12.7. The lowest BCUT2D eigenvalue weighted by Gasteiger charge is -2.20. The number of amides is 1. The van der Waals surface area contributed by atoms with Gasteiger partial charge in [-0.1, -0.05) is 18.2 Å². The van der Waals surface area contributed by atoms with Crippen LogP contribution in [0.1, 0.15) is 30.4 Å². The van der Waals surface area contributed by atoms with Crippen molar-refractivity contribution in [1.82, 2.24) is 0 Å². The summed E-state index contributed by atoms with van der Waals surface area (Å²) in [5.74, 6) is 0. The minimum atomic E-state index is -3.87. The third-order valence-electron chi connectivity index (χ3n) is 2.86. The molecule has 0 unspecified atom stereocenters. The zero-order chi connectivity index (χ0) is 18.0. The van der Waals surface area contributed by atoms with Gasteiger partial charge in [-0.15, -0.1) is 11.3 Å². The predicted octanol–water partition coefficient (Wildman–Crippen LogP) is 3.74. The van der Waals surface area contributed by atoms with Gasteiger partial charge < -0.3 is 4.74 Å². The first-order valence-corrected chi connectivity index (χ1v) is 9.38. The molecule has 0 spiro atoms. The Kier molecular flexibility index (Phi) is 5.10. The molecule has 1 aromatic carbocycles. The first kappa shape index (κ1) is 18.2. The van der Waals surface area contributed by atoms with Crippen molar-refractivity contribution in [2.75, 3.05) is 5.32 Å². The van der Waals surface area contributed by atoms with Gasteiger partial charge in [0.25, 0.3) is 0 Å². The zero-order valence-electron chi connectivity index (χ0n) is 13.4. The minimum absolute atomic E-state index is 0.0619. The van der Waals surface area contributed by atoms with Crippen molar-refractivity contribution in [1.29, 1.82) is 0 Å². The van der Waals surface area contributed by atoms with Gasteiger partial charge in [0.05, 0.1) is 15.5 Å². The number of carbonyl (C=O) groups is 2. The fourth-order valence-corrected chi connectivity index (χ4v) is 4.50. The molecule has 0 radical (unpaired) electrons. The zero-order valence-corrected chi connectivity index (χ0v) is 15.0. The van der Waals surface area contributed by atoms with E-state index in [-0.39, 0.29) is 20.4 Å². The molecule has 1 heterocycles. The van der Waals surface area contributed by atoms with Crippen LogP contribution >= 0.6 is 11.3 Å². The lowest BCUT2D eigenvalue weighted by Crippen LogP contribution is -2.27. The molecule has 2 rings (SSSR count). The SMILES string of the molecule is CC(C)(C)OC(=O)Nc1c(S(=O)(=O)c2ccccc2)csc1C=O. The number of nitrogens with one attached hydrogen (secondary N) is 1. The molecule has 8 heteroatoms. The van der Waals surface area contributed by atoms with Crippen molar-refractivity contribution in [2.45, 2.75) is 36.2 Å². The normalized spacial score (nSPS) is 11.8. The third-order valence-corrected chi connectivity index (χ3v) is 5.71. The maximum atomic E-state index is 12.7. The van der Waals surface area contributed by atoms with Crippen molar-refractivity contribution < 1.29 is 22.7 Å². The molecule has 0 saturated heterocycles. The Bertz CT molecular complexity index is 848.